The number of aliphatic hydroxyl groups is 1. The monoisotopic (exact) mass is 632 g/mol. The summed E-state index contributed by atoms with van der Waals surface area (Å²) >= 11 is 0. The lowest BCUT2D eigenvalue weighted by Crippen LogP contribution is -2.64. The molecule has 1 N–H and O–H groups in total. The van der Waals surface area contributed by atoms with Crippen LogP contribution in [-0.4, -0.2) is 65.9 Å². The van der Waals surface area contributed by atoms with E-state index in [2.05, 4.69) is 40.4 Å². The molecule has 0 unspecified atom stereocenters. The van der Waals surface area contributed by atoms with Crippen LogP contribution in [0.3, 0.4) is 0 Å². The number of hydrogen-bond donors (Lipinski definition) is 1. The summed E-state index contributed by atoms with van der Waals surface area (Å²) < 4.78 is 33.8. The summed E-state index contributed by atoms with van der Waals surface area (Å²) in [5.41, 5.74) is -1.05. The number of rotatable bonds is 6. The van der Waals surface area contributed by atoms with Crippen molar-refractivity contribution in [3.63, 3.8) is 0 Å². The summed E-state index contributed by atoms with van der Waals surface area (Å²) in [4.78, 5) is 14.3. The van der Waals surface area contributed by atoms with Crippen LogP contribution >= 0.6 is 0 Å². The van der Waals surface area contributed by atoms with Crippen LogP contribution in [0, 0.1) is 28.6 Å². The molecule has 8 heteroatoms. The number of hydrogen-bond acceptors (Lipinski definition) is 7. The predicted octanol–water partition coefficient (Wildman–Crippen LogP) is 7.31. The second-order valence-electron chi connectivity index (χ2n) is 18.5. The maximum absolute atomic E-state index is 14.3. The largest absolute Gasteiger partial charge is 0.408 e. The standard InChI is InChI=1S/C36H60O7Si/c1-30(2,38)16-15-29-35(9,42-32(5,6)41-29)28-14-18-36(43-44(10,11)12)23-19-25(37)24-20-26-27(40-31(3,4)39-26)21-33(24,7)22(23)13-17-34(28,36)8/h19,22,24,26-29,38H,13-18,20-21H2,1-12H3/t22-,24-,26+,27-,28-,29+,33+,34+,35+,36+/m0/s1. The highest BCUT2D eigenvalue weighted by Crippen LogP contribution is 2.71. The van der Waals surface area contributed by atoms with Gasteiger partial charge < -0.3 is 28.5 Å². The Hall–Kier alpha value is -0.613. The average Bonchev–Trinajstić information content (AvgIpc) is 3.39. The zero-order valence-electron chi connectivity index (χ0n) is 29.6. The zero-order valence-corrected chi connectivity index (χ0v) is 30.6. The van der Waals surface area contributed by atoms with Crippen molar-refractivity contribution in [3.05, 3.63) is 11.6 Å². The van der Waals surface area contributed by atoms with Gasteiger partial charge in [-0.1, -0.05) is 13.8 Å². The van der Waals surface area contributed by atoms with E-state index in [9.17, 15) is 9.90 Å². The van der Waals surface area contributed by atoms with E-state index in [4.69, 9.17) is 23.4 Å². The third-order valence-electron chi connectivity index (χ3n) is 12.6. The Balaban J connectivity index is 1.41. The first-order valence-corrected chi connectivity index (χ1v) is 20.8. The lowest BCUT2D eigenvalue weighted by molar-refractivity contribution is -0.188. The Kier molecular flexibility index (Phi) is 7.54. The molecule has 0 spiro atoms. The predicted molar refractivity (Wildman–Crippen MR) is 172 cm³/mol. The van der Waals surface area contributed by atoms with Crippen molar-refractivity contribution in [2.45, 2.75) is 180 Å². The maximum atomic E-state index is 14.3. The van der Waals surface area contributed by atoms with Crippen LogP contribution in [0.4, 0.5) is 0 Å². The van der Waals surface area contributed by atoms with Crippen LogP contribution in [0.5, 0.6) is 0 Å². The highest BCUT2D eigenvalue weighted by atomic mass is 28.4. The summed E-state index contributed by atoms with van der Waals surface area (Å²) in [5.74, 6) is -0.709. The van der Waals surface area contributed by atoms with Gasteiger partial charge in [0.15, 0.2) is 25.7 Å². The zero-order chi connectivity index (χ0) is 32.5. The Morgan fingerprint density at radius 3 is 2.23 bits per heavy atom. The van der Waals surface area contributed by atoms with Crippen LogP contribution < -0.4 is 0 Å². The number of ether oxygens (including phenoxy) is 4. The molecule has 250 valence electrons. The molecule has 2 heterocycles. The van der Waals surface area contributed by atoms with Gasteiger partial charge in [0.25, 0.3) is 0 Å². The minimum Gasteiger partial charge on any atom is -0.408 e. The Bertz CT molecular complexity index is 1210. The number of ketones is 1. The smallest absolute Gasteiger partial charge is 0.184 e. The summed E-state index contributed by atoms with van der Waals surface area (Å²) in [6, 6.07) is 0. The molecule has 10 atom stereocenters. The molecule has 2 aliphatic heterocycles. The summed E-state index contributed by atoms with van der Waals surface area (Å²) in [6.07, 6.45) is 8.67. The molecular weight excluding hydrogens is 572 g/mol. The van der Waals surface area contributed by atoms with Crippen molar-refractivity contribution < 1.29 is 33.3 Å². The minimum absolute atomic E-state index is 0.0126. The third-order valence-corrected chi connectivity index (χ3v) is 13.6. The molecule has 44 heavy (non-hydrogen) atoms. The highest BCUT2D eigenvalue weighted by molar-refractivity contribution is 6.69. The van der Waals surface area contributed by atoms with E-state index in [1.807, 2.05) is 47.6 Å². The molecule has 0 radical (unpaired) electrons. The fourth-order valence-electron chi connectivity index (χ4n) is 11.2. The molecule has 6 rings (SSSR count). The van der Waals surface area contributed by atoms with E-state index in [1.165, 1.54) is 5.57 Å². The Morgan fingerprint density at radius 2 is 1.59 bits per heavy atom. The molecule has 4 aliphatic carbocycles. The molecule has 3 saturated carbocycles. The molecule has 0 aromatic heterocycles. The van der Waals surface area contributed by atoms with Crippen molar-refractivity contribution in [1.82, 2.24) is 0 Å². The quantitative estimate of drug-likeness (QED) is 0.308. The molecule has 7 nitrogen and oxygen atoms in total. The van der Waals surface area contributed by atoms with E-state index in [0.29, 0.717) is 6.42 Å². The third kappa shape index (κ3) is 5.16. The molecule has 0 bridgehead atoms. The second-order valence-corrected chi connectivity index (χ2v) is 22.9. The van der Waals surface area contributed by atoms with Gasteiger partial charge in [-0.05, 0) is 148 Å². The molecular formula is C36H60O7Si. The van der Waals surface area contributed by atoms with Gasteiger partial charge in [-0.3, -0.25) is 4.79 Å². The van der Waals surface area contributed by atoms with Gasteiger partial charge in [0.2, 0.25) is 0 Å². The first-order valence-electron chi connectivity index (χ1n) is 17.4. The number of carbonyl (C=O) groups is 1. The van der Waals surface area contributed by atoms with E-state index >= 15 is 0 Å². The van der Waals surface area contributed by atoms with Gasteiger partial charge >= 0.3 is 0 Å². The first-order chi connectivity index (χ1) is 19.9. The molecule has 2 saturated heterocycles. The van der Waals surface area contributed by atoms with Crippen LogP contribution in [0.1, 0.15) is 114 Å². The molecule has 6 aliphatic rings. The van der Waals surface area contributed by atoms with Gasteiger partial charge in [-0.25, -0.2) is 0 Å². The van der Waals surface area contributed by atoms with Gasteiger partial charge in [0, 0.05) is 11.3 Å². The second kappa shape index (κ2) is 9.96. The van der Waals surface area contributed by atoms with Gasteiger partial charge in [0.1, 0.15) is 0 Å². The van der Waals surface area contributed by atoms with E-state index < -0.39 is 36.7 Å². The lowest BCUT2D eigenvalue weighted by Gasteiger charge is -2.63. The van der Waals surface area contributed by atoms with E-state index in [0.717, 1.165) is 44.9 Å². The van der Waals surface area contributed by atoms with E-state index in [-0.39, 0.29) is 52.7 Å². The Morgan fingerprint density at radius 1 is 0.932 bits per heavy atom. The van der Waals surface area contributed by atoms with E-state index in [1.54, 1.807) is 0 Å². The number of allylic oxidation sites excluding steroid dienone is 1. The SMILES string of the molecule is CC(C)(O)CC[C@H]1OC(C)(C)O[C@]1(C)[C@H]1CC[C@@]2(O[Si](C)(C)C)C3=CC(=O)[C@@H]4C[C@H]5OC(C)(C)O[C@H]5C[C@]4(C)[C@H]3CC[C@]12C. The number of carbonyl (C=O) groups excluding carboxylic acids is 1. The molecule has 0 amide bonds. The van der Waals surface area contributed by atoms with Crippen molar-refractivity contribution >= 4 is 14.1 Å². The van der Waals surface area contributed by atoms with Crippen LogP contribution in [0.2, 0.25) is 19.6 Å². The molecule has 0 aromatic rings. The number of fused-ring (bicyclic) bond motifs is 6. The van der Waals surface area contributed by atoms with Gasteiger partial charge in [0.05, 0.1) is 35.1 Å². The van der Waals surface area contributed by atoms with Crippen molar-refractivity contribution in [2.24, 2.45) is 28.6 Å². The molecule has 0 aromatic carbocycles. The summed E-state index contributed by atoms with van der Waals surface area (Å²) in [7, 11) is -2.07. The summed E-state index contributed by atoms with van der Waals surface area (Å²) in [5, 5.41) is 10.6. The highest BCUT2D eigenvalue weighted by Gasteiger charge is 2.73. The van der Waals surface area contributed by atoms with Gasteiger partial charge in [-0.15, -0.1) is 0 Å². The lowest BCUT2D eigenvalue weighted by atomic mass is 9.45. The summed E-state index contributed by atoms with van der Waals surface area (Å²) in [6.45, 7) is 25.7. The topological polar surface area (TPSA) is 83.5 Å². The fraction of sp³-hybridized carbons (Fsp3) is 0.917. The van der Waals surface area contributed by atoms with Crippen molar-refractivity contribution in [1.29, 1.82) is 0 Å². The van der Waals surface area contributed by atoms with Crippen molar-refractivity contribution in [3.8, 4) is 0 Å². The van der Waals surface area contributed by atoms with Gasteiger partial charge in [-0.2, -0.15) is 0 Å². The van der Waals surface area contributed by atoms with Crippen LogP contribution in [0.25, 0.3) is 0 Å². The maximum Gasteiger partial charge on any atom is 0.184 e. The minimum atomic E-state index is -2.07. The average molecular weight is 633 g/mol. The van der Waals surface area contributed by atoms with Crippen molar-refractivity contribution in [2.75, 3.05) is 0 Å². The Labute approximate surface area is 267 Å². The van der Waals surface area contributed by atoms with Crippen LogP contribution in [0.15, 0.2) is 11.6 Å². The molecule has 5 fully saturated rings. The first kappa shape index (κ1) is 33.3. The fourth-order valence-corrected chi connectivity index (χ4v) is 12.7. The van der Waals surface area contributed by atoms with Crippen LogP contribution in [-0.2, 0) is 28.2 Å². The normalized spacial score (nSPS) is 47.9.